The predicted octanol–water partition coefficient (Wildman–Crippen LogP) is 2.97. The Kier molecular flexibility index (Phi) is 7.68. The molecule has 0 bridgehead atoms. The molecule has 0 saturated carbocycles. The minimum Gasteiger partial charge on any atom is -0.292 e. The second-order valence-electron chi connectivity index (χ2n) is 4.77. The van der Waals surface area contributed by atoms with Crippen molar-refractivity contribution in [3.63, 3.8) is 0 Å². The highest BCUT2D eigenvalue weighted by Gasteiger charge is 2.27. The number of carbonyl (C=O) groups excluding carboxylic acids is 1. The second-order valence-corrected chi connectivity index (χ2v) is 6.50. The van der Waals surface area contributed by atoms with Crippen LogP contribution in [0.1, 0.15) is 41.0 Å². The van der Waals surface area contributed by atoms with Gasteiger partial charge in [-0.25, -0.2) is 4.57 Å². The summed E-state index contributed by atoms with van der Waals surface area (Å²) in [6.45, 7) is 10.0. The molecule has 1 N–H and O–H groups in total. The van der Waals surface area contributed by atoms with E-state index in [1.807, 2.05) is 27.7 Å². The van der Waals surface area contributed by atoms with Gasteiger partial charge in [-0.1, -0.05) is 34.6 Å². The van der Waals surface area contributed by atoms with Crippen molar-refractivity contribution in [3.05, 3.63) is 0 Å². The molecule has 5 nitrogen and oxygen atoms in total. The minimum absolute atomic E-state index is 0.226. The molecular formula is C11H24NO4P. The first-order valence-electron chi connectivity index (χ1n) is 5.99. The summed E-state index contributed by atoms with van der Waals surface area (Å²) < 4.78 is 22.6. The van der Waals surface area contributed by atoms with Crippen LogP contribution in [0.25, 0.3) is 0 Å². The van der Waals surface area contributed by atoms with Crippen LogP contribution in [0.5, 0.6) is 0 Å². The van der Waals surface area contributed by atoms with E-state index in [2.05, 4.69) is 5.09 Å². The van der Waals surface area contributed by atoms with Crippen LogP contribution >= 0.6 is 7.75 Å². The Bertz CT molecular complexity index is 263. The van der Waals surface area contributed by atoms with Crippen molar-refractivity contribution in [2.45, 2.75) is 41.0 Å². The van der Waals surface area contributed by atoms with Crippen LogP contribution in [0.15, 0.2) is 0 Å². The molecule has 0 rings (SSSR count). The van der Waals surface area contributed by atoms with Gasteiger partial charge in [0.15, 0.2) is 0 Å². The average Bonchev–Trinajstić information content (AvgIpc) is 2.24. The molecule has 0 aromatic carbocycles. The molecule has 0 aliphatic heterocycles. The summed E-state index contributed by atoms with van der Waals surface area (Å²) in [5.74, 6) is 0.120. The Morgan fingerprint density at radius 2 is 1.53 bits per heavy atom. The zero-order chi connectivity index (χ0) is 13.5. The third-order valence-corrected chi connectivity index (χ3v) is 3.24. The van der Waals surface area contributed by atoms with Crippen LogP contribution in [0, 0.1) is 11.8 Å². The molecule has 0 aliphatic rings. The van der Waals surface area contributed by atoms with E-state index < -0.39 is 7.75 Å². The third kappa shape index (κ3) is 8.36. The Morgan fingerprint density at radius 3 is 1.82 bits per heavy atom. The fraction of sp³-hybridized carbons (Fsp3) is 0.909. The predicted molar refractivity (Wildman–Crippen MR) is 67.6 cm³/mol. The van der Waals surface area contributed by atoms with Gasteiger partial charge in [-0.15, -0.1) is 0 Å². The molecule has 0 heterocycles. The molecule has 0 unspecified atom stereocenters. The second kappa shape index (κ2) is 7.85. The maximum absolute atomic E-state index is 12.2. The molecule has 17 heavy (non-hydrogen) atoms. The van der Waals surface area contributed by atoms with Crippen molar-refractivity contribution in [3.8, 4) is 0 Å². The Labute approximate surface area is 104 Å². The van der Waals surface area contributed by atoms with E-state index in [-0.39, 0.29) is 24.2 Å². The highest BCUT2D eigenvalue weighted by Crippen LogP contribution is 2.44. The zero-order valence-corrected chi connectivity index (χ0v) is 12.3. The number of hydrogen-bond acceptors (Lipinski definition) is 4. The monoisotopic (exact) mass is 265 g/mol. The lowest BCUT2D eigenvalue weighted by atomic mass is 10.2. The van der Waals surface area contributed by atoms with Crippen LogP contribution in [0.3, 0.4) is 0 Å². The highest BCUT2D eigenvalue weighted by molar-refractivity contribution is 7.52. The number of hydrogen-bond donors (Lipinski definition) is 1. The number of nitrogens with one attached hydrogen (secondary N) is 1. The smallest absolute Gasteiger partial charge is 0.292 e. The number of carbonyl (C=O) groups is 1. The summed E-state index contributed by atoms with van der Waals surface area (Å²) in [6, 6.07) is 0. The van der Waals surface area contributed by atoms with E-state index in [9.17, 15) is 9.36 Å². The van der Waals surface area contributed by atoms with Gasteiger partial charge in [0.05, 0.1) is 13.2 Å². The zero-order valence-electron chi connectivity index (χ0n) is 11.4. The van der Waals surface area contributed by atoms with E-state index in [1.165, 1.54) is 0 Å². The van der Waals surface area contributed by atoms with Gasteiger partial charge >= 0.3 is 7.75 Å². The van der Waals surface area contributed by atoms with E-state index in [0.717, 1.165) is 0 Å². The number of rotatable bonds is 8. The van der Waals surface area contributed by atoms with Gasteiger partial charge in [0, 0.05) is 6.42 Å². The minimum atomic E-state index is -3.50. The van der Waals surface area contributed by atoms with Crippen molar-refractivity contribution in [1.82, 2.24) is 5.09 Å². The molecule has 0 fully saturated rings. The Morgan fingerprint density at radius 1 is 1.12 bits per heavy atom. The first-order chi connectivity index (χ1) is 7.79. The maximum atomic E-state index is 12.2. The van der Waals surface area contributed by atoms with Crippen molar-refractivity contribution in [2.24, 2.45) is 11.8 Å². The molecule has 6 heteroatoms. The summed E-state index contributed by atoms with van der Waals surface area (Å²) in [5.41, 5.74) is 0. The molecule has 1 amide bonds. The van der Waals surface area contributed by atoms with Crippen molar-refractivity contribution in [2.75, 3.05) is 13.2 Å². The van der Waals surface area contributed by atoms with Crippen LogP contribution in [0.2, 0.25) is 0 Å². The van der Waals surface area contributed by atoms with Crippen LogP contribution < -0.4 is 5.09 Å². The first kappa shape index (κ1) is 16.6. The van der Waals surface area contributed by atoms with Gasteiger partial charge in [-0.3, -0.25) is 18.9 Å². The van der Waals surface area contributed by atoms with E-state index in [4.69, 9.17) is 9.05 Å². The van der Waals surface area contributed by atoms with Crippen molar-refractivity contribution in [1.29, 1.82) is 0 Å². The lowest BCUT2D eigenvalue weighted by Crippen LogP contribution is -2.23. The highest BCUT2D eigenvalue weighted by atomic mass is 31.2. The third-order valence-electron chi connectivity index (χ3n) is 1.74. The summed E-state index contributed by atoms with van der Waals surface area (Å²) in [5, 5.41) is 2.33. The summed E-state index contributed by atoms with van der Waals surface area (Å²) in [4.78, 5) is 11.3. The Balaban J connectivity index is 4.45. The molecule has 0 radical (unpaired) electrons. The average molecular weight is 265 g/mol. The van der Waals surface area contributed by atoms with Crippen LogP contribution in [-0.4, -0.2) is 19.1 Å². The summed E-state index contributed by atoms with van der Waals surface area (Å²) >= 11 is 0. The van der Waals surface area contributed by atoms with E-state index >= 15 is 0 Å². The molecular weight excluding hydrogens is 241 g/mol. The van der Waals surface area contributed by atoms with Gasteiger partial charge in [-0.05, 0) is 11.8 Å². The summed E-state index contributed by atoms with van der Waals surface area (Å²) in [6.07, 6.45) is 0.250. The first-order valence-corrected chi connectivity index (χ1v) is 7.53. The van der Waals surface area contributed by atoms with Gasteiger partial charge < -0.3 is 0 Å². The molecule has 0 spiro atoms. The van der Waals surface area contributed by atoms with Crippen molar-refractivity contribution < 1.29 is 18.4 Å². The van der Waals surface area contributed by atoms with Gasteiger partial charge in [0.1, 0.15) is 0 Å². The molecule has 0 aromatic heterocycles. The maximum Gasteiger partial charge on any atom is 0.434 e. The lowest BCUT2D eigenvalue weighted by molar-refractivity contribution is -0.119. The van der Waals surface area contributed by atoms with Gasteiger partial charge in [-0.2, -0.15) is 0 Å². The molecule has 0 aliphatic carbocycles. The molecule has 102 valence electrons. The molecule has 0 saturated heterocycles. The van der Waals surface area contributed by atoms with E-state index in [0.29, 0.717) is 13.2 Å². The quantitative estimate of drug-likeness (QED) is 0.685. The van der Waals surface area contributed by atoms with Gasteiger partial charge in [0.25, 0.3) is 0 Å². The van der Waals surface area contributed by atoms with Crippen molar-refractivity contribution >= 4 is 13.7 Å². The largest absolute Gasteiger partial charge is 0.434 e. The SMILES string of the molecule is CCC(=O)NP(=O)(OCC(C)C)OCC(C)C. The molecule has 0 aromatic rings. The fourth-order valence-corrected chi connectivity index (χ4v) is 2.48. The summed E-state index contributed by atoms with van der Waals surface area (Å²) in [7, 11) is -3.50. The standard InChI is InChI=1S/C11H24NO4P/c1-6-11(13)12-17(14,15-7-9(2)3)16-8-10(4)5/h9-10H,6-8H2,1-5H3,(H,12,13,14). The van der Waals surface area contributed by atoms with Crippen LogP contribution in [0.4, 0.5) is 0 Å². The Hall–Kier alpha value is -0.380. The molecule has 0 atom stereocenters. The lowest BCUT2D eigenvalue weighted by Gasteiger charge is -2.20. The number of amides is 1. The van der Waals surface area contributed by atoms with Gasteiger partial charge in [0.2, 0.25) is 5.91 Å². The normalized spacial score (nSPS) is 12.2. The van der Waals surface area contributed by atoms with Crippen LogP contribution in [-0.2, 0) is 18.4 Å². The fourth-order valence-electron chi connectivity index (χ4n) is 0.828. The van der Waals surface area contributed by atoms with E-state index in [1.54, 1.807) is 6.92 Å². The topological polar surface area (TPSA) is 64.6 Å².